The zero-order chi connectivity index (χ0) is 43.7. The number of fused-ring (bicyclic) bond motifs is 2. The van der Waals surface area contributed by atoms with E-state index in [9.17, 15) is 26.3 Å². The fourth-order valence-electron chi connectivity index (χ4n) is 6.09. The van der Waals surface area contributed by atoms with Crippen LogP contribution < -0.4 is 16.1 Å². The van der Waals surface area contributed by atoms with Gasteiger partial charge in [0.2, 0.25) is 0 Å². The molecule has 0 saturated carbocycles. The van der Waals surface area contributed by atoms with Gasteiger partial charge in [0.15, 0.2) is 11.6 Å². The number of hydrogen-bond acceptors (Lipinski definition) is 12. The van der Waals surface area contributed by atoms with Crippen LogP contribution in [0.25, 0.3) is 44.8 Å². The van der Waals surface area contributed by atoms with Crippen LogP contribution in [0, 0.1) is 13.8 Å². The van der Waals surface area contributed by atoms with E-state index in [2.05, 4.69) is 66.9 Å². The molecule has 8 aromatic rings. The molecule has 0 aliphatic carbocycles. The molecule has 312 valence electrons. The van der Waals surface area contributed by atoms with Crippen molar-refractivity contribution < 1.29 is 36.4 Å². The SMILES string of the molecule is CNc1ncnn2c(C)nc(-c3cnn(C)c3-c3ccc(C(F)(F)F)cc3)c12.CNc1ncnn2c(C)nc(-c3cnn(C)c3Br)c12.OB(O)c1ccc(C(F)(F)F)cc1. The first-order valence-corrected chi connectivity index (χ1v) is 18.3. The Balaban J connectivity index is 0.000000163. The number of nitrogens with zero attached hydrogens (tertiary/aromatic N) is 12. The summed E-state index contributed by atoms with van der Waals surface area (Å²) in [6.07, 6.45) is -2.42. The first kappa shape index (κ1) is 43.2. The number of anilines is 2. The number of alkyl halides is 6. The predicted molar refractivity (Wildman–Crippen MR) is 214 cm³/mol. The normalized spacial score (nSPS) is 11.6. The summed E-state index contributed by atoms with van der Waals surface area (Å²) >= 11 is 3.52. The lowest BCUT2D eigenvalue weighted by atomic mass is 9.80. The lowest BCUT2D eigenvalue weighted by Gasteiger charge is -2.10. The number of aromatic nitrogens is 12. The largest absolute Gasteiger partial charge is 0.488 e. The minimum absolute atomic E-state index is 0.0352. The molecule has 6 heterocycles. The molecule has 16 nitrogen and oxygen atoms in total. The van der Waals surface area contributed by atoms with E-state index in [1.807, 2.05) is 27.9 Å². The number of benzene rings is 2. The van der Waals surface area contributed by atoms with Crippen molar-refractivity contribution in [2.75, 3.05) is 24.7 Å². The Kier molecular flexibility index (Phi) is 12.3. The second-order valence-corrected chi connectivity index (χ2v) is 13.6. The van der Waals surface area contributed by atoms with Gasteiger partial charge in [0.1, 0.15) is 51.3 Å². The van der Waals surface area contributed by atoms with Crippen LogP contribution in [0.1, 0.15) is 22.8 Å². The van der Waals surface area contributed by atoms with Crippen LogP contribution in [0.15, 0.2) is 78.2 Å². The molecule has 0 spiro atoms. The molecular formula is C36H34BBrF6N14O2. The van der Waals surface area contributed by atoms with Crippen molar-refractivity contribution in [1.29, 1.82) is 0 Å². The van der Waals surface area contributed by atoms with E-state index in [1.165, 1.54) is 24.8 Å². The quantitative estimate of drug-likeness (QED) is 0.120. The fraction of sp³-hybridized carbons (Fsp3) is 0.222. The highest BCUT2D eigenvalue weighted by Crippen LogP contribution is 2.37. The summed E-state index contributed by atoms with van der Waals surface area (Å²) in [4.78, 5) is 17.7. The Hall–Kier alpha value is -6.40. The van der Waals surface area contributed by atoms with E-state index in [-0.39, 0.29) is 5.46 Å². The molecule has 0 bridgehead atoms. The van der Waals surface area contributed by atoms with Gasteiger partial charge in [-0.1, -0.05) is 36.4 Å². The lowest BCUT2D eigenvalue weighted by molar-refractivity contribution is -0.138. The first-order chi connectivity index (χ1) is 28.3. The molecule has 4 N–H and O–H groups in total. The van der Waals surface area contributed by atoms with E-state index in [0.717, 1.165) is 69.4 Å². The maximum absolute atomic E-state index is 12.9. The van der Waals surface area contributed by atoms with Crippen molar-refractivity contribution in [2.24, 2.45) is 14.1 Å². The summed E-state index contributed by atoms with van der Waals surface area (Å²) in [6, 6.07) is 8.63. The van der Waals surface area contributed by atoms with Crippen LogP contribution in [-0.4, -0.2) is 90.0 Å². The lowest BCUT2D eigenvalue weighted by Crippen LogP contribution is -2.29. The highest BCUT2D eigenvalue weighted by molar-refractivity contribution is 9.10. The van der Waals surface area contributed by atoms with Crippen molar-refractivity contribution in [3.05, 3.63) is 101 Å². The molecule has 0 saturated heterocycles. The third-order valence-electron chi connectivity index (χ3n) is 9.00. The van der Waals surface area contributed by atoms with Gasteiger partial charge >= 0.3 is 19.5 Å². The average molecular weight is 899 g/mol. The predicted octanol–water partition coefficient (Wildman–Crippen LogP) is 5.58. The van der Waals surface area contributed by atoms with Crippen molar-refractivity contribution in [3.63, 3.8) is 0 Å². The molecule has 2 aromatic carbocycles. The van der Waals surface area contributed by atoms with Crippen LogP contribution in [0.3, 0.4) is 0 Å². The minimum Gasteiger partial charge on any atom is -0.423 e. The zero-order valence-electron chi connectivity index (χ0n) is 32.4. The molecule has 24 heteroatoms. The monoisotopic (exact) mass is 898 g/mol. The highest BCUT2D eigenvalue weighted by Gasteiger charge is 2.31. The average Bonchev–Trinajstić information content (AvgIpc) is 3.97. The van der Waals surface area contributed by atoms with Crippen LogP contribution in [0.5, 0.6) is 0 Å². The maximum atomic E-state index is 12.9. The number of aryl methyl sites for hydroxylation is 4. The number of nitrogens with one attached hydrogen (secondary N) is 2. The third-order valence-corrected chi connectivity index (χ3v) is 9.94. The molecule has 0 atom stereocenters. The van der Waals surface area contributed by atoms with E-state index in [4.69, 9.17) is 10.0 Å². The summed E-state index contributed by atoms with van der Waals surface area (Å²) in [5.41, 5.74) is 4.30. The summed E-state index contributed by atoms with van der Waals surface area (Å²) < 4.78 is 82.3. The van der Waals surface area contributed by atoms with E-state index in [1.54, 1.807) is 44.9 Å². The van der Waals surface area contributed by atoms with Gasteiger partial charge in [-0.05, 0) is 47.4 Å². The minimum atomic E-state index is -4.39. The smallest absolute Gasteiger partial charge is 0.423 e. The van der Waals surface area contributed by atoms with Crippen molar-refractivity contribution in [2.45, 2.75) is 26.2 Å². The number of halogens is 7. The third kappa shape index (κ3) is 8.65. The standard InChI is InChI=1S/C18H16F3N7.C11H12BrN7.C7H6BF3O2/c1-10-26-14(16-17(22-2)23-9-25-28(10)16)13-8-24-27(3)15(13)11-4-6-12(7-5-11)18(19,20)21;1-6-17-8(7-4-15-18(3)10(7)12)9-11(13-2)14-5-16-19(6)9;9-7(10,11)5-1-3-6(4-2-5)8(12)13/h4-9H,1-3H3,(H,22,23,25);4-5H,1-3H3,(H,13,14,16);1-4,12-13H. The maximum Gasteiger partial charge on any atom is 0.488 e. The molecular weight excluding hydrogens is 865 g/mol. The first-order valence-electron chi connectivity index (χ1n) is 17.5. The Morgan fingerprint density at radius 3 is 1.48 bits per heavy atom. The van der Waals surface area contributed by atoms with Gasteiger partial charge in [0.25, 0.3) is 0 Å². The van der Waals surface area contributed by atoms with Gasteiger partial charge in [0.05, 0.1) is 34.8 Å². The molecule has 8 rings (SSSR count). The van der Waals surface area contributed by atoms with Crippen LogP contribution in [0.2, 0.25) is 0 Å². The molecule has 0 radical (unpaired) electrons. The Morgan fingerprint density at radius 1 is 0.633 bits per heavy atom. The molecule has 60 heavy (non-hydrogen) atoms. The van der Waals surface area contributed by atoms with E-state index in [0.29, 0.717) is 39.7 Å². The summed E-state index contributed by atoms with van der Waals surface area (Å²) in [6.45, 7) is 3.73. The number of imidazole rings is 2. The second-order valence-electron chi connectivity index (χ2n) is 12.8. The number of rotatable bonds is 6. The zero-order valence-corrected chi connectivity index (χ0v) is 34.0. The molecule has 0 amide bonds. The summed E-state index contributed by atoms with van der Waals surface area (Å²) in [7, 11) is 5.44. The van der Waals surface area contributed by atoms with Gasteiger partial charge in [-0.3, -0.25) is 9.36 Å². The molecule has 6 aromatic heterocycles. The highest BCUT2D eigenvalue weighted by atomic mass is 79.9. The van der Waals surface area contributed by atoms with Gasteiger partial charge < -0.3 is 20.7 Å². The second kappa shape index (κ2) is 17.1. The summed E-state index contributed by atoms with van der Waals surface area (Å²) in [5, 5.41) is 40.3. The molecule has 0 fully saturated rings. The fourth-order valence-corrected chi connectivity index (χ4v) is 6.47. The van der Waals surface area contributed by atoms with Gasteiger partial charge in [-0.15, -0.1) is 0 Å². The van der Waals surface area contributed by atoms with Crippen LogP contribution in [0.4, 0.5) is 38.0 Å². The Morgan fingerprint density at radius 2 is 1.07 bits per heavy atom. The van der Waals surface area contributed by atoms with Crippen LogP contribution in [-0.2, 0) is 26.4 Å². The topological polar surface area (TPSA) is 186 Å². The van der Waals surface area contributed by atoms with E-state index >= 15 is 0 Å². The van der Waals surface area contributed by atoms with Gasteiger partial charge in [-0.25, -0.2) is 29.0 Å². The Bertz CT molecular complexity index is 2760. The summed E-state index contributed by atoms with van der Waals surface area (Å²) in [5.74, 6) is 2.79. The van der Waals surface area contributed by atoms with Crippen molar-refractivity contribution in [3.8, 4) is 33.8 Å². The molecule has 0 aliphatic rings. The van der Waals surface area contributed by atoms with Crippen molar-refractivity contribution in [1.82, 2.24) is 58.7 Å². The van der Waals surface area contributed by atoms with Gasteiger partial charge in [0, 0.05) is 39.3 Å². The van der Waals surface area contributed by atoms with E-state index < -0.39 is 30.6 Å². The molecule has 0 unspecified atom stereocenters. The molecule has 0 aliphatic heterocycles. The Labute approximate surface area is 345 Å². The van der Waals surface area contributed by atoms with Crippen LogP contribution >= 0.6 is 15.9 Å². The number of hydrogen-bond donors (Lipinski definition) is 4. The van der Waals surface area contributed by atoms with Gasteiger partial charge in [-0.2, -0.15) is 46.7 Å². The van der Waals surface area contributed by atoms with Crippen molar-refractivity contribution >= 4 is 51.2 Å².